The maximum Gasteiger partial charge on any atom is 0.286 e. The van der Waals surface area contributed by atoms with Crippen molar-refractivity contribution in [2.24, 2.45) is 9.50 Å². The first-order chi connectivity index (χ1) is 13.8. The zero-order valence-corrected chi connectivity index (χ0v) is 17.4. The first-order valence-corrected chi connectivity index (χ1v) is 11.4. The highest BCUT2D eigenvalue weighted by molar-refractivity contribution is 8.23. The number of nitrogens with one attached hydrogen (secondary N) is 1. The molecule has 0 saturated heterocycles. The first kappa shape index (κ1) is 19.6. The fourth-order valence-electron chi connectivity index (χ4n) is 3.22. The van der Waals surface area contributed by atoms with Crippen LogP contribution in [0.5, 0.6) is 5.75 Å². The van der Waals surface area contributed by atoms with Gasteiger partial charge in [0.25, 0.3) is 5.56 Å². The predicted octanol–water partition coefficient (Wildman–Crippen LogP) is 4.69. The summed E-state index contributed by atoms with van der Waals surface area (Å²) in [7, 11) is -3.52. The van der Waals surface area contributed by atoms with Crippen LogP contribution in [-0.4, -0.2) is 30.4 Å². The van der Waals surface area contributed by atoms with Crippen LogP contribution in [0.4, 0.5) is 5.69 Å². The van der Waals surface area contributed by atoms with Gasteiger partial charge in [0, 0.05) is 5.71 Å². The SMILES string of the molecule is CCC/C(C)=N/n1c(=O)c(C2=NS(O)(O)c3ccccc3N2)c(O)c2sccc21. The Kier molecular flexibility index (Phi) is 4.95. The molecule has 0 radical (unpaired) electrons. The Hall–Kier alpha value is -2.66. The van der Waals surface area contributed by atoms with Gasteiger partial charge in [-0.15, -0.1) is 15.7 Å². The van der Waals surface area contributed by atoms with Gasteiger partial charge in [0.15, 0.2) is 11.6 Å². The topological polar surface area (TPSA) is 119 Å². The molecule has 1 aliphatic rings. The molecule has 4 N–H and O–H groups in total. The number of thiophene rings is 1. The van der Waals surface area contributed by atoms with Crippen LogP contribution in [0.3, 0.4) is 0 Å². The number of fused-ring (bicyclic) bond motifs is 2. The number of benzene rings is 1. The fraction of sp³-hybridized carbons (Fsp3) is 0.211. The van der Waals surface area contributed by atoms with Crippen molar-refractivity contribution in [2.75, 3.05) is 5.32 Å². The molecule has 0 amide bonds. The molecule has 0 aliphatic carbocycles. The second kappa shape index (κ2) is 7.30. The van der Waals surface area contributed by atoms with E-state index in [1.807, 2.05) is 13.8 Å². The van der Waals surface area contributed by atoms with Crippen LogP contribution in [0.2, 0.25) is 0 Å². The Morgan fingerprint density at radius 3 is 2.83 bits per heavy atom. The molecule has 3 aromatic rings. The standard InChI is InChI=1S/C19H20N4O4S2/c1-3-6-11(2)21-23-13-9-10-28-17(13)16(24)15(19(23)25)18-20-12-7-4-5-8-14(12)29(26,27)22-18/h4-5,7-10,24,26-27H,3,6H2,1-2H3,(H,20,22)/b21-11+. The van der Waals surface area contributed by atoms with Gasteiger partial charge in [-0.1, -0.05) is 36.3 Å². The molecule has 0 fully saturated rings. The third-order valence-electron chi connectivity index (χ3n) is 4.50. The number of para-hydroxylation sites is 1. The van der Waals surface area contributed by atoms with Gasteiger partial charge in [0.05, 0.1) is 15.9 Å². The molecule has 0 bridgehead atoms. The van der Waals surface area contributed by atoms with Gasteiger partial charge < -0.3 is 10.4 Å². The lowest BCUT2D eigenvalue weighted by Gasteiger charge is -2.34. The van der Waals surface area contributed by atoms with Crippen molar-refractivity contribution in [1.82, 2.24) is 4.68 Å². The maximum absolute atomic E-state index is 13.3. The van der Waals surface area contributed by atoms with Crippen molar-refractivity contribution in [3.8, 4) is 5.75 Å². The van der Waals surface area contributed by atoms with Crippen molar-refractivity contribution in [3.05, 3.63) is 51.6 Å². The highest BCUT2D eigenvalue weighted by Crippen LogP contribution is 2.55. The smallest absolute Gasteiger partial charge is 0.286 e. The van der Waals surface area contributed by atoms with Crippen molar-refractivity contribution >= 4 is 49.6 Å². The number of amidine groups is 1. The normalized spacial score (nSPS) is 16.8. The van der Waals surface area contributed by atoms with Crippen LogP contribution in [0.25, 0.3) is 10.2 Å². The molecule has 152 valence electrons. The highest BCUT2D eigenvalue weighted by atomic mass is 32.3. The number of rotatable bonds is 4. The van der Waals surface area contributed by atoms with E-state index in [0.29, 0.717) is 15.9 Å². The van der Waals surface area contributed by atoms with E-state index in [4.69, 9.17) is 0 Å². The summed E-state index contributed by atoms with van der Waals surface area (Å²) in [6, 6.07) is 8.32. The molecule has 29 heavy (non-hydrogen) atoms. The average molecular weight is 433 g/mol. The summed E-state index contributed by atoms with van der Waals surface area (Å²) in [4.78, 5) is 13.5. The number of aromatic nitrogens is 1. The number of anilines is 1. The molecule has 8 nitrogen and oxygen atoms in total. The van der Waals surface area contributed by atoms with Crippen LogP contribution >= 0.6 is 22.1 Å². The first-order valence-electron chi connectivity index (χ1n) is 8.97. The quantitative estimate of drug-likeness (QED) is 0.446. The van der Waals surface area contributed by atoms with Gasteiger partial charge in [0.2, 0.25) is 0 Å². The summed E-state index contributed by atoms with van der Waals surface area (Å²) >= 11 is 1.26. The Labute approximate surface area is 172 Å². The number of aromatic hydroxyl groups is 1. The Morgan fingerprint density at radius 1 is 1.31 bits per heavy atom. The summed E-state index contributed by atoms with van der Waals surface area (Å²) < 4.78 is 26.7. The Balaban J connectivity index is 1.97. The second-order valence-corrected chi connectivity index (χ2v) is 9.22. The monoisotopic (exact) mass is 432 g/mol. The average Bonchev–Trinajstić information content (AvgIpc) is 3.15. The Bertz CT molecular complexity index is 1230. The predicted molar refractivity (Wildman–Crippen MR) is 119 cm³/mol. The lowest BCUT2D eigenvalue weighted by molar-refractivity contribution is 0.478. The van der Waals surface area contributed by atoms with Crippen LogP contribution < -0.4 is 10.9 Å². The molecule has 0 unspecified atom stereocenters. The minimum atomic E-state index is -3.52. The van der Waals surface area contributed by atoms with Gasteiger partial charge in [-0.05, 0) is 36.9 Å². The summed E-state index contributed by atoms with van der Waals surface area (Å²) in [6.07, 6.45) is 1.61. The molecule has 1 aliphatic heterocycles. The fourth-order valence-corrected chi connectivity index (χ4v) is 5.20. The summed E-state index contributed by atoms with van der Waals surface area (Å²) in [5.41, 5.74) is 0.930. The molecule has 1 aromatic carbocycles. The molecule has 0 atom stereocenters. The summed E-state index contributed by atoms with van der Waals surface area (Å²) in [5.74, 6) is -0.362. The van der Waals surface area contributed by atoms with E-state index in [1.165, 1.54) is 16.0 Å². The lowest BCUT2D eigenvalue weighted by atomic mass is 10.2. The maximum atomic E-state index is 13.3. The third-order valence-corrected chi connectivity index (χ3v) is 6.80. The number of hydrogen-bond acceptors (Lipinski definition) is 8. The Morgan fingerprint density at radius 2 is 2.07 bits per heavy atom. The van der Waals surface area contributed by atoms with Gasteiger partial charge in [-0.25, -0.2) is 0 Å². The number of nitrogens with zero attached hydrogens (tertiary/aromatic N) is 3. The molecule has 2 aromatic heterocycles. The van der Waals surface area contributed by atoms with Crippen LogP contribution in [0, 0.1) is 0 Å². The molecular formula is C19H20N4O4S2. The highest BCUT2D eigenvalue weighted by Gasteiger charge is 2.30. The zero-order chi connectivity index (χ0) is 20.8. The molecule has 3 heterocycles. The van der Waals surface area contributed by atoms with Gasteiger partial charge in [0.1, 0.15) is 10.5 Å². The molecule has 0 spiro atoms. The minimum absolute atomic E-state index is 0.0985. The lowest BCUT2D eigenvalue weighted by Crippen LogP contribution is -2.31. The molecule has 0 saturated carbocycles. The van der Waals surface area contributed by atoms with Gasteiger partial charge >= 0.3 is 0 Å². The van der Waals surface area contributed by atoms with E-state index >= 15 is 0 Å². The summed E-state index contributed by atoms with van der Waals surface area (Å²) in [6.45, 7) is 3.86. The minimum Gasteiger partial charge on any atom is -0.505 e. The molecule has 10 heteroatoms. The van der Waals surface area contributed by atoms with Gasteiger partial charge in [-0.3, -0.25) is 13.9 Å². The van der Waals surface area contributed by atoms with Crippen molar-refractivity contribution < 1.29 is 14.2 Å². The van der Waals surface area contributed by atoms with Crippen LogP contribution in [0.15, 0.2) is 54.9 Å². The summed E-state index contributed by atoms with van der Waals surface area (Å²) in [5, 5.41) is 20.0. The number of pyridine rings is 1. The van der Waals surface area contributed by atoms with E-state index in [-0.39, 0.29) is 22.0 Å². The zero-order valence-electron chi connectivity index (χ0n) is 15.8. The van der Waals surface area contributed by atoms with E-state index in [9.17, 15) is 19.0 Å². The van der Waals surface area contributed by atoms with Crippen molar-refractivity contribution in [2.45, 2.75) is 31.6 Å². The van der Waals surface area contributed by atoms with Gasteiger partial charge in [-0.2, -0.15) is 9.78 Å². The largest absolute Gasteiger partial charge is 0.505 e. The van der Waals surface area contributed by atoms with Crippen LogP contribution in [-0.2, 0) is 0 Å². The van der Waals surface area contributed by atoms with E-state index in [0.717, 1.165) is 18.6 Å². The van der Waals surface area contributed by atoms with E-state index < -0.39 is 16.3 Å². The van der Waals surface area contributed by atoms with Crippen molar-refractivity contribution in [3.63, 3.8) is 0 Å². The number of hydrogen-bond donors (Lipinski definition) is 4. The van der Waals surface area contributed by atoms with Crippen molar-refractivity contribution in [1.29, 1.82) is 0 Å². The second-order valence-electron chi connectivity index (χ2n) is 6.64. The van der Waals surface area contributed by atoms with E-state index in [2.05, 4.69) is 14.8 Å². The molecular weight excluding hydrogens is 412 g/mol. The molecule has 4 rings (SSSR count). The third kappa shape index (κ3) is 3.33. The van der Waals surface area contributed by atoms with E-state index in [1.54, 1.807) is 35.7 Å². The van der Waals surface area contributed by atoms with Crippen LogP contribution in [0.1, 0.15) is 32.3 Å².